The van der Waals surface area contributed by atoms with E-state index in [-0.39, 0.29) is 6.04 Å². The molecule has 0 aliphatic heterocycles. The highest BCUT2D eigenvalue weighted by molar-refractivity contribution is 7.10. The van der Waals surface area contributed by atoms with Crippen molar-refractivity contribution in [2.45, 2.75) is 45.2 Å². The Morgan fingerprint density at radius 2 is 2.19 bits per heavy atom. The topological polar surface area (TPSA) is 21.3 Å². The Kier molecular flexibility index (Phi) is 4.32. The van der Waals surface area contributed by atoms with Gasteiger partial charge in [0.1, 0.15) is 5.75 Å². The lowest BCUT2D eigenvalue weighted by molar-refractivity contribution is 0.383. The number of ether oxygens (including phenoxy) is 1. The summed E-state index contributed by atoms with van der Waals surface area (Å²) in [6.07, 6.45) is 3.75. The molecule has 0 spiro atoms. The van der Waals surface area contributed by atoms with Crippen molar-refractivity contribution in [1.82, 2.24) is 5.32 Å². The largest absolute Gasteiger partial charge is 0.496 e. The van der Waals surface area contributed by atoms with Crippen LogP contribution < -0.4 is 10.1 Å². The molecule has 1 aliphatic carbocycles. The molecule has 2 unspecified atom stereocenters. The summed E-state index contributed by atoms with van der Waals surface area (Å²) in [7, 11) is 1.75. The second-order valence-corrected chi connectivity index (χ2v) is 6.88. The van der Waals surface area contributed by atoms with Gasteiger partial charge in [0.15, 0.2) is 0 Å². The Hall–Kier alpha value is -1.32. The van der Waals surface area contributed by atoms with Crippen LogP contribution in [0.3, 0.4) is 0 Å². The van der Waals surface area contributed by atoms with Crippen molar-refractivity contribution < 1.29 is 4.74 Å². The Morgan fingerprint density at radius 1 is 1.33 bits per heavy atom. The molecular formula is C18H23NOS. The van der Waals surface area contributed by atoms with Gasteiger partial charge in [0.2, 0.25) is 0 Å². The maximum Gasteiger partial charge on any atom is 0.123 e. The summed E-state index contributed by atoms with van der Waals surface area (Å²) >= 11 is 1.90. The Balaban J connectivity index is 1.80. The van der Waals surface area contributed by atoms with E-state index >= 15 is 0 Å². The summed E-state index contributed by atoms with van der Waals surface area (Å²) in [5.74, 6) is 0.983. The monoisotopic (exact) mass is 301 g/mol. The van der Waals surface area contributed by atoms with Crippen molar-refractivity contribution in [3.05, 3.63) is 51.2 Å². The van der Waals surface area contributed by atoms with Crippen LogP contribution in [0.2, 0.25) is 0 Å². The average molecular weight is 301 g/mol. The summed E-state index contributed by atoms with van der Waals surface area (Å²) < 4.78 is 5.55. The number of thiophene rings is 1. The Labute approximate surface area is 131 Å². The van der Waals surface area contributed by atoms with E-state index in [2.05, 4.69) is 48.8 Å². The molecule has 0 bridgehead atoms. The predicted molar refractivity (Wildman–Crippen MR) is 89.3 cm³/mol. The summed E-state index contributed by atoms with van der Waals surface area (Å²) in [6.45, 7) is 4.33. The van der Waals surface area contributed by atoms with Gasteiger partial charge in [-0.1, -0.05) is 12.1 Å². The van der Waals surface area contributed by atoms with Crippen LogP contribution in [0.15, 0.2) is 29.6 Å². The summed E-state index contributed by atoms with van der Waals surface area (Å²) in [5, 5.41) is 6.02. The molecule has 1 aliphatic rings. The predicted octanol–water partition coefficient (Wildman–Crippen LogP) is 4.79. The molecule has 2 atom stereocenters. The number of methoxy groups -OCH3 is 1. The molecule has 2 aromatic rings. The highest BCUT2D eigenvalue weighted by Gasteiger charge is 2.23. The third-order valence-corrected chi connectivity index (χ3v) is 5.36. The van der Waals surface area contributed by atoms with Crippen LogP contribution in [0, 0.1) is 6.92 Å². The molecule has 3 heteroatoms. The van der Waals surface area contributed by atoms with E-state index in [0.717, 1.165) is 5.75 Å². The third-order valence-electron chi connectivity index (χ3n) is 4.36. The molecule has 21 heavy (non-hydrogen) atoms. The van der Waals surface area contributed by atoms with Crippen LogP contribution in [0.5, 0.6) is 5.75 Å². The second-order valence-electron chi connectivity index (χ2n) is 5.88. The highest BCUT2D eigenvalue weighted by atomic mass is 32.1. The van der Waals surface area contributed by atoms with E-state index in [0.29, 0.717) is 6.04 Å². The number of hydrogen-bond acceptors (Lipinski definition) is 3. The minimum absolute atomic E-state index is 0.288. The summed E-state index contributed by atoms with van der Waals surface area (Å²) in [4.78, 5) is 1.56. The number of fused-ring (bicyclic) bond motifs is 1. The van der Waals surface area contributed by atoms with Crippen molar-refractivity contribution in [3.63, 3.8) is 0 Å². The number of benzene rings is 1. The van der Waals surface area contributed by atoms with E-state index in [1.165, 1.54) is 36.0 Å². The standard InChI is InChI=1S/C18H23NOS/c1-12-7-8-14(17(11-12)20-3)13(2)19-16-5-4-6-18-15(16)9-10-21-18/h7-11,13,16,19H,4-6H2,1-3H3. The van der Waals surface area contributed by atoms with Gasteiger partial charge in [-0.05, 0) is 61.7 Å². The molecule has 0 radical (unpaired) electrons. The number of rotatable bonds is 4. The third kappa shape index (κ3) is 2.99. The zero-order valence-electron chi connectivity index (χ0n) is 13.0. The fraction of sp³-hybridized carbons (Fsp3) is 0.444. The number of aryl methyl sites for hydroxylation is 2. The molecule has 1 N–H and O–H groups in total. The van der Waals surface area contributed by atoms with Gasteiger partial charge in [0.25, 0.3) is 0 Å². The molecule has 112 valence electrons. The van der Waals surface area contributed by atoms with Gasteiger partial charge >= 0.3 is 0 Å². The lowest BCUT2D eigenvalue weighted by Crippen LogP contribution is -2.27. The normalized spacial score (nSPS) is 19.1. The minimum Gasteiger partial charge on any atom is -0.496 e. The first-order chi connectivity index (χ1) is 10.2. The molecule has 0 fully saturated rings. The zero-order valence-corrected chi connectivity index (χ0v) is 13.8. The average Bonchev–Trinajstić information content (AvgIpc) is 2.96. The number of nitrogens with one attached hydrogen (secondary N) is 1. The molecular weight excluding hydrogens is 278 g/mol. The first-order valence-electron chi connectivity index (χ1n) is 7.66. The Bertz CT molecular complexity index is 619. The van der Waals surface area contributed by atoms with Crippen molar-refractivity contribution in [3.8, 4) is 5.75 Å². The molecule has 0 saturated carbocycles. The van der Waals surface area contributed by atoms with Crippen LogP contribution in [0.4, 0.5) is 0 Å². The van der Waals surface area contributed by atoms with Gasteiger partial charge in [-0.3, -0.25) is 0 Å². The van der Waals surface area contributed by atoms with Crippen molar-refractivity contribution in [2.75, 3.05) is 7.11 Å². The smallest absolute Gasteiger partial charge is 0.123 e. The van der Waals surface area contributed by atoms with Crippen LogP contribution in [0.1, 0.15) is 53.4 Å². The lowest BCUT2D eigenvalue weighted by Gasteiger charge is -2.28. The lowest BCUT2D eigenvalue weighted by atomic mass is 9.92. The van der Waals surface area contributed by atoms with Gasteiger partial charge in [-0.2, -0.15) is 0 Å². The van der Waals surface area contributed by atoms with E-state index in [1.807, 2.05) is 11.3 Å². The SMILES string of the molecule is COc1cc(C)ccc1C(C)NC1CCCc2sccc21. The molecule has 1 aromatic carbocycles. The van der Waals surface area contributed by atoms with Gasteiger partial charge in [0.05, 0.1) is 7.11 Å². The Morgan fingerprint density at radius 3 is 3.00 bits per heavy atom. The fourth-order valence-corrected chi connectivity index (χ4v) is 4.21. The van der Waals surface area contributed by atoms with Crippen molar-refractivity contribution in [1.29, 1.82) is 0 Å². The molecule has 2 nitrogen and oxygen atoms in total. The van der Waals surface area contributed by atoms with Gasteiger partial charge in [-0.15, -0.1) is 11.3 Å². The van der Waals surface area contributed by atoms with E-state index in [9.17, 15) is 0 Å². The van der Waals surface area contributed by atoms with E-state index in [1.54, 1.807) is 12.0 Å². The second kappa shape index (κ2) is 6.20. The molecule has 3 rings (SSSR count). The van der Waals surface area contributed by atoms with Crippen molar-refractivity contribution >= 4 is 11.3 Å². The zero-order chi connectivity index (χ0) is 14.8. The molecule has 1 aromatic heterocycles. The fourth-order valence-electron chi connectivity index (χ4n) is 3.23. The minimum atomic E-state index is 0.288. The highest BCUT2D eigenvalue weighted by Crippen LogP contribution is 2.36. The van der Waals surface area contributed by atoms with Gasteiger partial charge in [0, 0.05) is 22.5 Å². The van der Waals surface area contributed by atoms with Gasteiger partial charge in [-0.25, -0.2) is 0 Å². The van der Waals surface area contributed by atoms with E-state index < -0.39 is 0 Å². The maximum absolute atomic E-state index is 5.55. The summed E-state index contributed by atoms with van der Waals surface area (Å²) in [5.41, 5.74) is 3.98. The van der Waals surface area contributed by atoms with Crippen LogP contribution in [-0.2, 0) is 6.42 Å². The van der Waals surface area contributed by atoms with Gasteiger partial charge < -0.3 is 10.1 Å². The maximum atomic E-state index is 5.55. The quantitative estimate of drug-likeness (QED) is 0.876. The molecule has 0 amide bonds. The van der Waals surface area contributed by atoms with Crippen LogP contribution in [-0.4, -0.2) is 7.11 Å². The van der Waals surface area contributed by atoms with Crippen molar-refractivity contribution in [2.24, 2.45) is 0 Å². The first-order valence-corrected chi connectivity index (χ1v) is 8.54. The number of hydrogen-bond donors (Lipinski definition) is 1. The first kappa shape index (κ1) is 14.6. The summed E-state index contributed by atoms with van der Waals surface area (Å²) in [6, 6.07) is 9.51. The van der Waals surface area contributed by atoms with Crippen LogP contribution >= 0.6 is 11.3 Å². The molecule has 1 heterocycles. The van der Waals surface area contributed by atoms with Crippen LogP contribution in [0.25, 0.3) is 0 Å². The van der Waals surface area contributed by atoms with E-state index in [4.69, 9.17) is 4.74 Å². The molecule has 0 saturated heterocycles.